The molecule has 0 bridgehead atoms. The van der Waals surface area contributed by atoms with Gasteiger partial charge in [-0.2, -0.15) is 0 Å². The van der Waals surface area contributed by atoms with E-state index in [0.717, 1.165) is 57.5 Å². The number of morpholine rings is 1. The first kappa shape index (κ1) is 18.6. The van der Waals surface area contributed by atoms with Crippen molar-refractivity contribution in [2.75, 3.05) is 44.8 Å². The Kier molecular flexibility index (Phi) is 5.97. The molecule has 0 saturated carbocycles. The van der Waals surface area contributed by atoms with Crippen LogP contribution in [0, 0.1) is 0 Å². The third-order valence-corrected chi connectivity index (χ3v) is 5.21. The SMILES string of the molecule is CN=C(NCc1ccc(N2CCOCC2)cc1)NCC1Cc2ccccc2O1. The number of guanidine groups is 1. The average molecular weight is 380 g/mol. The molecule has 2 N–H and O–H groups in total. The zero-order chi connectivity index (χ0) is 19.2. The molecule has 1 saturated heterocycles. The van der Waals surface area contributed by atoms with Crippen molar-refractivity contribution in [1.29, 1.82) is 0 Å². The number of benzene rings is 2. The van der Waals surface area contributed by atoms with Crippen molar-refractivity contribution >= 4 is 11.6 Å². The molecular formula is C22H28N4O2. The summed E-state index contributed by atoms with van der Waals surface area (Å²) in [6, 6.07) is 16.9. The van der Waals surface area contributed by atoms with Crippen molar-refractivity contribution in [3.63, 3.8) is 0 Å². The highest BCUT2D eigenvalue weighted by molar-refractivity contribution is 5.79. The smallest absolute Gasteiger partial charge is 0.191 e. The topological polar surface area (TPSA) is 58.1 Å². The second kappa shape index (κ2) is 8.97. The molecular weight excluding hydrogens is 352 g/mol. The molecule has 6 heteroatoms. The predicted octanol–water partition coefficient (Wildman–Crippen LogP) is 2.19. The van der Waals surface area contributed by atoms with E-state index in [-0.39, 0.29) is 6.10 Å². The van der Waals surface area contributed by atoms with Gasteiger partial charge in [-0.25, -0.2) is 0 Å². The maximum atomic E-state index is 5.98. The summed E-state index contributed by atoms with van der Waals surface area (Å²) in [7, 11) is 1.79. The molecule has 148 valence electrons. The van der Waals surface area contributed by atoms with Gasteiger partial charge in [0.25, 0.3) is 0 Å². The minimum absolute atomic E-state index is 0.142. The summed E-state index contributed by atoms with van der Waals surface area (Å²) >= 11 is 0. The third kappa shape index (κ3) is 4.57. The average Bonchev–Trinajstić information content (AvgIpc) is 3.18. The van der Waals surface area contributed by atoms with Crippen LogP contribution in [0.25, 0.3) is 0 Å². The van der Waals surface area contributed by atoms with Gasteiger partial charge in [0.1, 0.15) is 11.9 Å². The molecule has 2 aliphatic rings. The standard InChI is InChI=1S/C22H28N4O2/c1-23-22(25-16-20-14-18-4-2-3-5-21(18)28-20)24-15-17-6-8-19(9-7-17)26-10-12-27-13-11-26/h2-9,20H,10-16H2,1H3,(H2,23,24,25). The van der Waals surface area contributed by atoms with Gasteiger partial charge < -0.3 is 25.0 Å². The van der Waals surface area contributed by atoms with Crippen LogP contribution in [0.4, 0.5) is 5.69 Å². The monoisotopic (exact) mass is 380 g/mol. The van der Waals surface area contributed by atoms with Gasteiger partial charge in [-0.3, -0.25) is 4.99 Å². The number of aliphatic imine (C=N–C) groups is 1. The Morgan fingerprint density at radius 1 is 1.07 bits per heavy atom. The van der Waals surface area contributed by atoms with Crippen LogP contribution in [-0.4, -0.2) is 52.0 Å². The molecule has 0 aromatic heterocycles. The van der Waals surface area contributed by atoms with Crippen LogP contribution >= 0.6 is 0 Å². The van der Waals surface area contributed by atoms with E-state index in [1.165, 1.54) is 16.8 Å². The summed E-state index contributed by atoms with van der Waals surface area (Å²) in [5.41, 5.74) is 3.76. The predicted molar refractivity (Wildman–Crippen MR) is 112 cm³/mol. The van der Waals surface area contributed by atoms with Gasteiger partial charge in [-0.05, 0) is 29.3 Å². The van der Waals surface area contributed by atoms with Gasteiger partial charge in [0.05, 0.1) is 19.8 Å². The zero-order valence-corrected chi connectivity index (χ0v) is 16.4. The summed E-state index contributed by atoms with van der Waals surface area (Å²) in [6.45, 7) is 4.99. The van der Waals surface area contributed by atoms with Crippen LogP contribution in [0.3, 0.4) is 0 Å². The molecule has 1 fully saturated rings. The number of hydrogen-bond donors (Lipinski definition) is 2. The van der Waals surface area contributed by atoms with Gasteiger partial charge in [0, 0.05) is 38.8 Å². The van der Waals surface area contributed by atoms with Crippen LogP contribution in [0.5, 0.6) is 5.75 Å². The summed E-state index contributed by atoms with van der Waals surface area (Å²) in [5, 5.41) is 6.75. The fourth-order valence-electron chi connectivity index (χ4n) is 3.63. The number of nitrogens with zero attached hydrogens (tertiary/aromatic N) is 2. The van der Waals surface area contributed by atoms with E-state index in [9.17, 15) is 0 Å². The van der Waals surface area contributed by atoms with E-state index in [1.54, 1.807) is 7.05 Å². The quantitative estimate of drug-likeness (QED) is 0.615. The molecule has 0 aliphatic carbocycles. The fraction of sp³-hybridized carbons (Fsp3) is 0.409. The van der Waals surface area contributed by atoms with E-state index in [4.69, 9.17) is 9.47 Å². The number of ether oxygens (including phenoxy) is 2. The maximum absolute atomic E-state index is 5.98. The zero-order valence-electron chi connectivity index (χ0n) is 16.4. The van der Waals surface area contributed by atoms with E-state index in [1.807, 2.05) is 12.1 Å². The lowest BCUT2D eigenvalue weighted by Crippen LogP contribution is -2.41. The van der Waals surface area contributed by atoms with Crippen LogP contribution in [0.15, 0.2) is 53.5 Å². The lowest BCUT2D eigenvalue weighted by atomic mass is 10.1. The fourth-order valence-corrected chi connectivity index (χ4v) is 3.63. The number of fused-ring (bicyclic) bond motifs is 1. The third-order valence-electron chi connectivity index (χ3n) is 5.21. The van der Waals surface area contributed by atoms with Crippen LogP contribution in [-0.2, 0) is 17.7 Å². The first-order chi connectivity index (χ1) is 13.8. The summed E-state index contributed by atoms with van der Waals surface area (Å²) in [4.78, 5) is 6.68. The Bertz CT molecular complexity index is 775. The van der Waals surface area contributed by atoms with Crippen molar-refractivity contribution < 1.29 is 9.47 Å². The van der Waals surface area contributed by atoms with E-state index in [2.05, 4.69) is 56.9 Å². The molecule has 0 spiro atoms. The van der Waals surface area contributed by atoms with Crippen molar-refractivity contribution in [3.8, 4) is 5.75 Å². The van der Waals surface area contributed by atoms with Crippen LogP contribution in [0.1, 0.15) is 11.1 Å². The summed E-state index contributed by atoms with van der Waals surface area (Å²) < 4.78 is 11.4. The molecule has 2 aromatic carbocycles. The number of anilines is 1. The Balaban J connectivity index is 1.23. The lowest BCUT2D eigenvalue weighted by Gasteiger charge is -2.29. The van der Waals surface area contributed by atoms with E-state index < -0.39 is 0 Å². The Hall–Kier alpha value is -2.73. The molecule has 2 heterocycles. The molecule has 0 radical (unpaired) electrons. The van der Waals surface area contributed by atoms with Gasteiger partial charge in [-0.1, -0.05) is 30.3 Å². The molecule has 6 nitrogen and oxygen atoms in total. The summed E-state index contributed by atoms with van der Waals surface area (Å²) in [6.07, 6.45) is 1.08. The number of nitrogens with one attached hydrogen (secondary N) is 2. The second-order valence-corrected chi connectivity index (χ2v) is 7.12. The van der Waals surface area contributed by atoms with Crippen molar-refractivity contribution in [2.45, 2.75) is 19.1 Å². The van der Waals surface area contributed by atoms with Crippen molar-refractivity contribution in [2.24, 2.45) is 4.99 Å². The Morgan fingerprint density at radius 2 is 1.86 bits per heavy atom. The molecule has 1 atom stereocenters. The maximum Gasteiger partial charge on any atom is 0.191 e. The van der Waals surface area contributed by atoms with E-state index in [0.29, 0.717) is 0 Å². The van der Waals surface area contributed by atoms with Crippen molar-refractivity contribution in [3.05, 3.63) is 59.7 Å². The Labute approximate surface area is 166 Å². The van der Waals surface area contributed by atoms with Gasteiger partial charge >= 0.3 is 0 Å². The first-order valence-electron chi connectivity index (χ1n) is 9.92. The number of rotatable bonds is 5. The molecule has 4 rings (SSSR count). The molecule has 1 unspecified atom stereocenters. The molecule has 2 aromatic rings. The largest absolute Gasteiger partial charge is 0.488 e. The highest BCUT2D eigenvalue weighted by Crippen LogP contribution is 2.27. The van der Waals surface area contributed by atoms with Gasteiger partial charge in [0.2, 0.25) is 0 Å². The minimum atomic E-state index is 0.142. The first-order valence-corrected chi connectivity index (χ1v) is 9.92. The lowest BCUT2D eigenvalue weighted by molar-refractivity contribution is 0.122. The minimum Gasteiger partial charge on any atom is -0.488 e. The van der Waals surface area contributed by atoms with Crippen molar-refractivity contribution in [1.82, 2.24) is 10.6 Å². The number of hydrogen-bond acceptors (Lipinski definition) is 4. The molecule has 0 amide bonds. The molecule has 2 aliphatic heterocycles. The number of para-hydroxylation sites is 1. The summed E-state index contributed by atoms with van der Waals surface area (Å²) in [5.74, 6) is 1.79. The highest BCUT2D eigenvalue weighted by Gasteiger charge is 2.22. The molecule has 28 heavy (non-hydrogen) atoms. The van der Waals surface area contributed by atoms with Gasteiger partial charge in [0.15, 0.2) is 5.96 Å². The van der Waals surface area contributed by atoms with Crippen LogP contribution < -0.4 is 20.3 Å². The van der Waals surface area contributed by atoms with Crippen LogP contribution in [0.2, 0.25) is 0 Å². The second-order valence-electron chi connectivity index (χ2n) is 7.12. The Morgan fingerprint density at radius 3 is 2.61 bits per heavy atom. The van der Waals surface area contributed by atoms with E-state index >= 15 is 0 Å². The normalized spacial score (nSPS) is 19.1. The highest BCUT2D eigenvalue weighted by atomic mass is 16.5. The van der Waals surface area contributed by atoms with Gasteiger partial charge in [-0.15, -0.1) is 0 Å².